The minimum atomic E-state index is -0.307. The van der Waals surface area contributed by atoms with Crippen molar-refractivity contribution in [2.24, 2.45) is 0 Å². The zero-order valence-corrected chi connectivity index (χ0v) is 19.1. The number of nitrogens with one attached hydrogen (secondary N) is 3. The molecule has 33 heavy (non-hydrogen) atoms. The third-order valence-electron chi connectivity index (χ3n) is 5.57. The molecule has 0 unspecified atom stereocenters. The lowest BCUT2D eigenvalue weighted by Gasteiger charge is -2.35. The van der Waals surface area contributed by atoms with Gasteiger partial charge in [-0.2, -0.15) is 4.98 Å². The number of carbonyl (C=O) groups excluding carboxylic acids is 2. The Bertz CT molecular complexity index is 1160. The number of nitrogens with zero attached hydrogens (tertiary/aromatic N) is 5. The van der Waals surface area contributed by atoms with Crippen molar-refractivity contribution in [1.82, 2.24) is 25.2 Å². The first-order valence-electron chi connectivity index (χ1n) is 11.0. The first kappa shape index (κ1) is 22.3. The number of fused-ring (bicyclic) bond motifs is 1. The first-order chi connectivity index (χ1) is 15.9. The van der Waals surface area contributed by atoms with E-state index in [4.69, 9.17) is 0 Å². The summed E-state index contributed by atoms with van der Waals surface area (Å²) in [6.45, 7) is 9.04. The monoisotopic (exact) mass is 448 g/mol. The maximum Gasteiger partial charge on any atom is 0.320 e. The van der Waals surface area contributed by atoms with Crippen molar-refractivity contribution in [2.75, 3.05) is 48.3 Å². The molecule has 1 fully saturated rings. The molecule has 0 bridgehead atoms. The fraction of sp³-hybridized carbons (Fsp3) is 0.348. The summed E-state index contributed by atoms with van der Waals surface area (Å²) >= 11 is 0. The van der Waals surface area contributed by atoms with E-state index in [-0.39, 0.29) is 11.9 Å². The molecule has 3 aromatic rings. The summed E-state index contributed by atoms with van der Waals surface area (Å²) < 4.78 is 0. The predicted octanol–water partition coefficient (Wildman–Crippen LogP) is 2.89. The molecule has 3 N–H and O–H groups in total. The summed E-state index contributed by atoms with van der Waals surface area (Å²) in [7, 11) is 0. The molecule has 172 valence electrons. The van der Waals surface area contributed by atoms with E-state index < -0.39 is 0 Å². The normalized spacial score (nSPS) is 13.7. The van der Waals surface area contributed by atoms with Crippen molar-refractivity contribution < 1.29 is 9.59 Å². The van der Waals surface area contributed by atoms with Crippen LogP contribution in [0.4, 0.5) is 27.9 Å². The fourth-order valence-corrected chi connectivity index (χ4v) is 3.77. The lowest BCUT2D eigenvalue weighted by molar-refractivity contribution is -0.129. The Kier molecular flexibility index (Phi) is 6.53. The number of aromatic nitrogens is 3. The molecule has 1 aliphatic rings. The molecule has 0 saturated carbocycles. The predicted molar refractivity (Wildman–Crippen MR) is 129 cm³/mol. The number of urea groups is 1. The van der Waals surface area contributed by atoms with E-state index >= 15 is 0 Å². The summed E-state index contributed by atoms with van der Waals surface area (Å²) in [6, 6.07) is 9.53. The molecule has 3 heterocycles. The second-order valence-corrected chi connectivity index (χ2v) is 7.90. The maximum atomic E-state index is 11.8. The number of pyridine rings is 1. The zero-order chi connectivity index (χ0) is 23.4. The van der Waals surface area contributed by atoms with E-state index in [1.165, 1.54) is 0 Å². The Hall–Kier alpha value is -3.95. The van der Waals surface area contributed by atoms with E-state index in [0.29, 0.717) is 24.0 Å². The standard InChI is InChI=1S/C23H28N8O2/c1-4-24-23(33)28-20-13-15(2)19-14-25-22(29-21(19)27-20)26-17-5-7-18(8-6-17)31-11-9-30(10-12-31)16(3)32/h5-8,13-14H,4,9-12H2,1-3H3,(H3,24,25,26,27,28,29,33). The van der Waals surface area contributed by atoms with Crippen LogP contribution in [0.5, 0.6) is 0 Å². The highest BCUT2D eigenvalue weighted by Crippen LogP contribution is 2.23. The van der Waals surface area contributed by atoms with Crippen molar-refractivity contribution in [3.05, 3.63) is 42.1 Å². The molecule has 1 aliphatic heterocycles. The van der Waals surface area contributed by atoms with Gasteiger partial charge in [0.2, 0.25) is 11.9 Å². The van der Waals surface area contributed by atoms with Crippen LogP contribution in [0.1, 0.15) is 19.4 Å². The number of carbonyl (C=O) groups is 2. The van der Waals surface area contributed by atoms with E-state index in [2.05, 4.69) is 35.8 Å². The van der Waals surface area contributed by atoms with Crippen LogP contribution in [0.25, 0.3) is 11.0 Å². The Morgan fingerprint density at radius 1 is 1.06 bits per heavy atom. The minimum Gasteiger partial charge on any atom is -0.368 e. The Morgan fingerprint density at radius 2 is 1.79 bits per heavy atom. The number of aryl methyl sites for hydroxylation is 1. The van der Waals surface area contributed by atoms with Crippen LogP contribution in [0.15, 0.2) is 36.5 Å². The molecular weight excluding hydrogens is 420 g/mol. The second-order valence-electron chi connectivity index (χ2n) is 7.90. The van der Waals surface area contributed by atoms with Crippen LogP contribution < -0.4 is 20.9 Å². The molecule has 3 amide bonds. The molecule has 0 radical (unpaired) electrons. The van der Waals surface area contributed by atoms with E-state index in [1.54, 1.807) is 19.2 Å². The van der Waals surface area contributed by atoms with Crippen LogP contribution in [0.2, 0.25) is 0 Å². The molecule has 10 nitrogen and oxygen atoms in total. The fourth-order valence-electron chi connectivity index (χ4n) is 3.77. The summed E-state index contributed by atoms with van der Waals surface area (Å²) in [6.07, 6.45) is 1.73. The minimum absolute atomic E-state index is 0.126. The molecule has 4 rings (SSSR count). The molecular formula is C23H28N8O2. The van der Waals surface area contributed by atoms with E-state index in [9.17, 15) is 9.59 Å². The Labute approximate surface area is 192 Å². The Morgan fingerprint density at radius 3 is 2.45 bits per heavy atom. The van der Waals surface area contributed by atoms with Gasteiger partial charge in [0, 0.05) is 62.6 Å². The lowest BCUT2D eigenvalue weighted by Crippen LogP contribution is -2.48. The van der Waals surface area contributed by atoms with Gasteiger partial charge in [-0.05, 0) is 49.7 Å². The molecule has 2 aromatic heterocycles. The topological polar surface area (TPSA) is 115 Å². The highest BCUT2D eigenvalue weighted by atomic mass is 16.2. The highest BCUT2D eigenvalue weighted by molar-refractivity contribution is 5.90. The van der Waals surface area contributed by atoms with Crippen molar-refractivity contribution >= 4 is 46.1 Å². The van der Waals surface area contributed by atoms with Gasteiger partial charge in [-0.3, -0.25) is 10.1 Å². The van der Waals surface area contributed by atoms with Gasteiger partial charge in [0.05, 0.1) is 0 Å². The van der Waals surface area contributed by atoms with Gasteiger partial charge in [-0.25, -0.2) is 14.8 Å². The van der Waals surface area contributed by atoms with E-state index in [1.807, 2.05) is 43.0 Å². The van der Waals surface area contributed by atoms with Crippen LogP contribution in [0, 0.1) is 6.92 Å². The van der Waals surface area contributed by atoms with Gasteiger partial charge < -0.3 is 20.4 Å². The van der Waals surface area contributed by atoms with Gasteiger partial charge in [-0.15, -0.1) is 0 Å². The quantitative estimate of drug-likeness (QED) is 0.550. The zero-order valence-electron chi connectivity index (χ0n) is 19.1. The second kappa shape index (κ2) is 9.68. The summed E-state index contributed by atoms with van der Waals surface area (Å²) in [5.74, 6) is 0.985. The van der Waals surface area contributed by atoms with Crippen molar-refractivity contribution in [3.8, 4) is 0 Å². The van der Waals surface area contributed by atoms with Crippen LogP contribution in [-0.2, 0) is 4.79 Å². The smallest absolute Gasteiger partial charge is 0.320 e. The summed E-state index contributed by atoms with van der Waals surface area (Å²) in [4.78, 5) is 40.9. The van der Waals surface area contributed by atoms with Gasteiger partial charge in [0.25, 0.3) is 0 Å². The number of anilines is 4. The molecule has 0 atom stereocenters. The van der Waals surface area contributed by atoms with Crippen molar-refractivity contribution in [2.45, 2.75) is 20.8 Å². The largest absolute Gasteiger partial charge is 0.368 e. The number of piperazine rings is 1. The molecule has 1 aromatic carbocycles. The van der Waals surface area contributed by atoms with Crippen LogP contribution in [0.3, 0.4) is 0 Å². The van der Waals surface area contributed by atoms with E-state index in [0.717, 1.165) is 48.5 Å². The third-order valence-corrected chi connectivity index (χ3v) is 5.57. The molecule has 0 spiro atoms. The molecule has 10 heteroatoms. The highest BCUT2D eigenvalue weighted by Gasteiger charge is 2.18. The lowest BCUT2D eigenvalue weighted by atomic mass is 10.2. The molecule has 0 aliphatic carbocycles. The number of amides is 3. The number of hydrogen-bond donors (Lipinski definition) is 3. The van der Waals surface area contributed by atoms with Gasteiger partial charge in [0.15, 0.2) is 5.65 Å². The van der Waals surface area contributed by atoms with Gasteiger partial charge >= 0.3 is 6.03 Å². The SMILES string of the molecule is CCNC(=O)Nc1cc(C)c2cnc(Nc3ccc(N4CCN(C(C)=O)CC4)cc3)nc2n1. The average Bonchev–Trinajstić information content (AvgIpc) is 2.79. The first-order valence-corrected chi connectivity index (χ1v) is 11.0. The summed E-state index contributed by atoms with van der Waals surface area (Å²) in [5.41, 5.74) is 3.39. The van der Waals surface area contributed by atoms with Crippen LogP contribution >= 0.6 is 0 Å². The Balaban J connectivity index is 1.46. The third kappa shape index (κ3) is 5.28. The number of benzene rings is 1. The number of hydrogen-bond acceptors (Lipinski definition) is 7. The van der Waals surface area contributed by atoms with Crippen molar-refractivity contribution in [3.63, 3.8) is 0 Å². The van der Waals surface area contributed by atoms with Gasteiger partial charge in [0.1, 0.15) is 5.82 Å². The van der Waals surface area contributed by atoms with Crippen LogP contribution in [-0.4, -0.2) is 64.5 Å². The average molecular weight is 449 g/mol. The summed E-state index contributed by atoms with van der Waals surface area (Å²) in [5, 5.41) is 9.44. The maximum absolute atomic E-state index is 11.8. The number of rotatable bonds is 5. The molecule has 1 saturated heterocycles. The van der Waals surface area contributed by atoms with Crippen molar-refractivity contribution in [1.29, 1.82) is 0 Å². The van der Waals surface area contributed by atoms with Gasteiger partial charge in [-0.1, -0.05) is 0 Å².